The van der Waals surface area contributed by atoms with Gasteiger partial charge < -0.3 is 0 Å². The largest absolute Gasteiger partial charge is 0.222 e. The number of hydrogen-bond donors (Lipinski definition) is 0. The Hall–Kier alpha value is -1.69. The molecule has 0 amide bonds. The SMILES string of the molecule is Cc1ccccc1-n1nnc(S(C)(=O)=O)c1C. The van der Waals surface area contributed by atoms with Crippen molar-refractivity contribution >= 4 is 9.84 Å². The monoisotopic (exact) mass is 251 g/mol. The Morgan fingerprint density at radius 3 is 2.35 bits per heavy atom. The highest BCUT2D eigenvalue weighted by molar-refractivity contribution is 7.90. The van der Waals surface area contributed by atoms with E-state index in [4.69, 9.17) is 0 Å². The summed E-state index contributed by atoms with van der Waals surface area (Å²) < 4.78 is 24.5. The maximum Gasteiger partial charge on any atom is 0.200 e. The highest BCUT2D eigenvalue weighted by Crippen LogP contribution is 2.18. The first-order chi connectivity index (χ1) is 7.91. The molecule has 0 saturated heterocycles. The maximum absolute atomic E-state index is 11.5. The summed E-state index contributed by atoms with van der Waals surface area (Å²) in [6.45, 7) is 3.64. The number of benzene rings is 1. The Balaban J connectivity index is 2.64. The van der Waals surface area contributed by atoms with Gasteiger partial charge in [0, 0.05) is 6.26 Å². The van der Waals surface area contributed by atoms with Gasteiger partial charge >= 0.3 is 0 Å². The van der Waals surface area contributed by atoms with Crippen molar-refractivity contribution in [2.75, 3.05) is 6.26 Å². The van der Waals surface area contributed by atoms with Crippen molar-refractivity contribution in [3.63, 3.8) is 0 Å². The van der Waals surface area contributed by atoms with E-state index in [2.05, 4.69) is 10.3 Å². The molecule has 1 aromatic heterocycles. The third-order valence-electron chi connectivity index (χ3n) is 2.55. The molecular weight excluding hydrogens is 238 g/mol. The highest BCUT2D eigenvalue weighted by Gasteiger charge is 2.19. The topological polar surface area (TPSA) is 64.8 Å². The second-order valence-electron chi connectivity index (χ2n) is 3.95. The van der Waals surface area contributed by atoms with Gasteiger partial charge in [0.1, 0.15) is 0 Å². The summed E-state index contributed by atoms with van der Waals surface area (Å²) in [6, 6.07) is 7.62. The Bertz CT molecular complexity index is 659. The quantitative estimate of drug-likeness (QED) is 0.806. The summed E-state index contributed by atoms with van der Waals surface area (Å²) in [7, 11) is -3.33. The lowest BCUT2D eigenvalue weighted by molar-refractivity contribution is 0.597. The predicted octanol–water partition coefficient (Wildman–Crippen LogP) is 1.29. The van der Waals surface area contributed by atoms with Crippen molar-refractivity contribution in [1.29, 1.82) is 0 Å². The molecule has 0 radical (unpaired) electrons. The molecule has 17 heavy (non-hydrogen) atoms. The standard InChI is InChI=1S/C11H13N3O2S/c1-8-6-4-5-7-10(8)14-9(2)11(12-13-14)17(3,15)16/h4-7H,1-3H3. The molecule has 1 heterocycles. The number of hydrogen-bond acceptors (Lipinski definition) is 4. The van der Waals surface area contributed by atoms with Crippen LogP contribution in [0.2, 0.25) is 0 Å². The molecule has 0 aliphatic carbocycles. The van der Waals surface area contributed by atoms with Crippen LogP contribution in [0, 0.1) is 13.8 Å². The van der Waals surface area contributed by atoms with Gasteiger partial charge in [-0.1, -0.05) is 23.4 Å². The molecule has 2 rings (SSSR count). The van der Waals surface area contributed by atoms with Crippen LogP contribution >= 0.6 is 0 Å². The van der Waals surface area contributed by atoms with Crippen molar-refractivity contribution in [3.05, 3.63) is 35.5 Å². The summed E-state index contributed by atoms with van der Waals surface area (Å²) >= 11 is 0. The molecule has 90 valence electrons. The molecule has 0 unspecified atom stereocenters. The number of rotatable bonds is 2. The molecule has 0 aliphatic rings. The Morgan fingerprint density at radius 2 is 1.82 bits per heavy atom. The van der Waals surface area contributed by atoms with Gasteiger partial charge in [-0.05, 0) is 25.5 Å². The number of sulfone groups is 1. The number of aryl methyl sites for hydroxylation is 1. The zero-order valence-corrected chi connectivity index (χ0v) is 10.7. The van der Waals surface area contributed by atoms with Gasteiger partial charge in [0.25, 0.3) is 0 Å². The van der Waals surface area contributed by atoms with Crippen LogP contribution in [0.5, 0.6) is 0 Å². The number of aromatic nitrogens is 3. The van der Waals surface area contributed by atoms with Gasteiger partial charge in [0.05, 0.1) is 11.4 Å². The molecule has 0 spiro atoms. The maximum atomic E-state index is 11.5. The minimum Gasteiger partial charge on any atom is -0.222 e. The van der Waals surface area contributed by atoms with Crippen molar-refractivity contribution in [2.45, 2.75) is 18.9 Å². The van der Waals surface area contributed by atoms with Crippen LogP contribution in [0.4, 0.5) is 0 Å². The van der Waals surface area contributed by atoms with E-state index in [0.29, 0.717) is 5.69 Å². The van der Waals surface area contributed by atoms with Crippen molar-refractivity contribution in [3.8, 4) is 5.69 Å². The molecule has 5 nitrogen and oxygen atoms in total. The first-order valence-electron chi connectivity index (χ1n) is 5.09. The van der Waals surface area contributed by atoms with Crippen LogP contribution in [0.1, 0.15) is 11.3 Å². The summed E-state index contributed by atoms with van der Waals surface area (Å²) in [6.07, 6.45) is 1.13. The summed E-state index contributed by atoms with van der Waals surface area (Å²) in [4.78, 5) is 0. The first kappa shape index (κ1) is 11.8. The lowest BCUT2D eigenvalue weighted by Crippen LogP contribution is -2.03. The molecule has 2 aromatic rings. The zero-order valence-electron chi connectivity index (χ0n) is 9.88. The van der Waals surface area contributed by atoms with Crippen LogP contribution in [0.25, 0.3) is 5.69 Å². The van der Waals surface area contributed by atoms with E-state index in [9.17, 15) is 8.42 Å². The molecular formula is C11H13N3O2S. The van der Waals surface area contributed by atoms with Gasteiger partial charge in [-0.15, -0.1) is 5.10 Å². The van der Waals surface area contributed by atoms with Gasteiger partial charge in [0.2, 0.25) is 0 Å². The Morgan fingerprint density at radius 1 is 1.18 bits per heavy atom. The molecule has 1 aromatic carbocycles. The lowest BCUT2D eigenvalue weighted by atomic mass is 10.2. The molecule has 6 heteroatoms. The summed E-state index contributed by atoms with van der Waals surface area (Å²) in [5.74, 6) is 0. The van der Waals surface area contributed by atoms with Crippen LogP contribution in [-0.2, 0) is 9.84 Å². The van der Waals surface area contributed by atoms with Crippen molar-refractivity contribution < 1.29 is 8.42 Å². The molecule has 0 atom stereocenters. The number of nitrogens with zero attached hydrogens (tertiary/aromatic N) is 3. The number of para-hydroxylation sites is 1. The third-order valence-corrected chi connectivity index (χ3v) is 3.63. The lowest BCUT2D eigenvalue weighted by Gasteiger charge is -2.06. The van der Waals surface area contributed by atoms with Crippen LogP contribution in [0.15, 0.2) is 29.3 Å². The zero-order chi connectivity index (χ0) is 12.6. The highest BCUT2D eigenvalue weighted by atomic mass is 32.2. The van der Waals surface area contributed by atoms with Crippen molar-refractivity contribution in [1.82, 2.24) is 15.0 Å². The second-order valence-corrected chi connectivity index (χ2v) is 5.88. The van der Waals surface area contributed by atoms with Crippen LogP contribution in [0.3, 0.4) is 0 Å². The Labute approximate surface area is 100 Å². The van der Waals surface area contributed by atoms with E-state index >= 15 is 0 Å². The molecule has 0 fully saturated rings. The fourth-order valence-corrected chi connectivity index (χ4v) is 2.50. The normalized spacial score (nSPS) is 11.7. The van der Waals surface area contributed by atoms with Gasteiger partial charge in [0.15, 0.2) is 14.9 Å². The van der Waals surface area contributed by atoms with E-state index in [1.54, 1.807) is 11.6 Å². The van der Waals surface area contributed by atoms with E-state index in [0.717, 1.165) is 17.5 Å². The van der Waals surface area contributed by atoms with Gasteiger partial charge in [-0.25, -0.2) is 13.1 Å². The fraction of sp³-hybridized carbons (Fsp3) is 0.273. The van der Waals surface area contributed by atoms with E-state index in [1.807, 2.05) is 31.2 Å². The third kappa shape index (κ3) is 2.08. The molecule has 0 N–H and O–H groups in total. The molecule has 0 bridgehead atoms. The summed E-state index contributed by atoms with van der Waals surface area (Å²) in [5, 5.41) is 7.66. The van der Waals surface area contributed by atoms with Crippen molar-refractivity contribution in [2.24, 2.45) is 0 Å². The molecule has 0 saturated carbocycles. The van der Waals surface area contributed by atoms with E-state index in [-0.39, 0.29) is 5.03 Å². The molecule has 0 aliphatic heterocycles. The average Bonchev–Trinajstić information content (AvgIpc) is 2.60. The van der Waals surface area contributed by atoms with Crippen LogP contribution in [-0.4, -0.2) is 29.7 Å². The minimum absolute atomic E-state index is 0.0285. The fourth-order valence-electron chi connectivity index (χ4n) is 1.69. The van der Waals surface area contributed by atoms with E-state index < -0.39 is 9.84 Å². The second kappa shape index (κ2) is 3.96. The van der Waals surface area contributed by atoms with Gasteiger partial charge in [-0.3, -0.25) is 0 Å². The predicted molar refractivity (Wildman–Crippen MR) is 63.9 cm³/mol. The van der Waals surface area contributed by atoms with E-state index in [1.165, 1.54) is 0 Å². The average molecular weight is 251 g/mol. The Kier molecular flexibility index (Phi) is 2.74. The summed E-state index contributed by atoms with van der Waals surface area (Å²) in [5.41, 5.74) is 2.38. The van der Waals surface area contributed by atoms with Crippen LogP contribution < -0.4 is 0 Å². The minimum atomic E-state index is -3.33. The first-order valence-corrected chi connectivity index (χ1v) is 6.99. The smallest absolute Gasteiger partial charge is 0.200 e. The van der Waals surface area contributed by atoms with Gasteiger partial charge in [-0.2, -0.15) is 0 Å².